The quantitative estimate of drug-likeness (QED) is 0.654. The van der Waals surface area contributed by atoms with Crippen LogP contribution in [0.4, 0.5) is 5.69 Å². The van der Waals surface area contributed by atoms with Crippen LogP contribution in [0, 0.1) is 0 Å². The van der Waals surface area contributed by atoms with E-state index >= 15 is 0 Å². The largest absolute Gasteiger partial charge is 0.385 e. The third kappa shape index (κ3) is 4.79. The van der Waals surface area contributed by atoms with Gasteiger partial charge in [-0.2, -0.15) is 0 Å². The molecule has 0 radical (unpaired) electrons. The van der Waals surface area contributed by atoms with E-state index in [1.165, 1.54) is 5.56 Å². The SMILES string of the molecule is CC1(O)CN(c2cccc(C(=O)N3CCC(c4cccc(CN)c4)CC3)c2)CC1(C)O.Cl. The predicted molar refractivity (Wildman–Crippen MR) is 129 cm³/mol. The summed E-state index contributed by atoms with van der Waals surface area (Å²) in [5, 5.41) is 21.0. The van der Waals surface area contributed by atoms with Crippen LogP contribution in [0.2, 0.25) is 0 Å². The second kappa shape index (κ2) is 9.40. The lowest BCUT2D eigenvalue weighted by molar-refractivity contribution is -0.0935. The number of anilines is 1. The number of rotatable bonds is 4. The van der Waals surface area contributed by atoms with Crippen molar-refractivity contribution >= 4 is 24.0 Å². The number of piperidine rings is 1. The molecule has 7 heteroatoms. The molecule has 2 aromatic carbocycles. The van der Waals surface area contributed by atoms with Gasteiger partial charge in [-0.25, -0.2) is 0 Å². The van der Waals surface area contributed by atoms with Gasteiger partial charge in [0, 0.05) is 44.0 Å². The maximum atomic E-state index is 13.2. The van der Waals surface area contributed by atoms with Crippen molar-refractivity contribution in [2.45, 2.75) is 50.4 Å². The van der Waals surface area contributed by atoms with Gasteiger partial charge in [-0.1, -0.05) is 30.3 Å². The van der Waals surface area contributed by atoms with Gasteiger partial charge in [-0.3, -0.25) is 4.79 Å². The summed E-state index contributed by atoms with van der Waals surface area (Å²) in [7, 11) is 0. The van der Waals surface area contributed by atoms with E-state index in [4.69, 9.17) is 5.73 Å². The number of nitrogens with zero attached hydrogens (tertiary/aromatic N) is 2. The summed E-state index contributed by atoms with van der Waals surface area (Å²) in [6, 6.07) is 16.0. The number of benzene rings is 2. The van der Waals surface area contributed by atoms with E-state index in [9.17, 15) is 15.0 Å². The van der Waals surface area contributed by atoms with Crippen LogP contribution in [-0.4, -0.2) is 58.4 Å². The summed E-state index contributed by atoms with van der Waals surface area (Å²) < 4.78 is 0. The van der Waals surface area contributed by atoms with Gasteiger partial charge >= 0.3 is 0 Å². The highest BCUT2D eigenvalue weighted by molar-refractivity contribution is 5.95. The molecule has 32 heavy (non-hydrogen) atoms. The van der Waals surface area contributed by atoms with E-state index < -0.39 is 11.2 Å². The lowest BCUT2D eigenvalue weighted by atomic mass is 9.88. The number of nitrogens with two attached hydrogens (primary N) is 1. The molecule has 0 saturated carbocycles. The average Bonchev–Trinajstić information content (AvgIpc) is 3.00. The Morgan fingerprint density at radius 2 is 1.66 bits per heavy atom. The van der Waals surface area contributed by atoms with Crippen molar-refractivity contribution in [3.63, 3.8) is 0 Å². The number of hydrogen-bond acceptors (Lipinski definition) is 5. The van der Waals surface area contributed by atoms with E-state index in [2.05, 4.69) is 18.2 Å². The zero-order valence-corrected chi connectivity index (χ0v) is 19.6. The number of halogens is 1. The third-order valence-corrected chi connectivity index (χ3v) is 7.06. The molecule has 1 amide bonds. The first-order valence-corrected chi connectivity index (χ1v) is 11.1. The number of amides is 1. The van der Waals surface area contributed by atoms with Crippen molar-refractivity contribution in [1.29, 1.82) is 0 Å². The number of aliphatic hydroxyl groups is 2. The standard InChI is InChI=1S/C25H33N3O3.ClH/c1-24(30)16-28(17-25(24,2)31)22-8-4-7-21(14-22)23(29)27-11-9-19(10-12-27)20-6-3-5-18(13-20)15-26;/h3-8,13-14,19,30-31H,9-12,15-17,26H2,1-2H3;1H. The third-order valence-electron chi connectivity index (χ3n) is 7.06. The molecule has 0 spiro atoms. The van der Waals surface area contributed by atoms with Crippen LogP contribution in [0.5, 0.6) is 0 Å². The zero-order valence-electron chi connectivity index (χ0n) is 18.8. The molecule has 0 bridgehead atoms. The highest BCUT2D eigenvalue weighted by Crippen LogP contribution is 2.35. The lowest BCUT2D eigenvalue weighted by Gasteiger charge is -2.32. The van der Waals surface area contributed by atoms with Crippen LogP contribution < -0.4 is 10.6 Å². The van der Waals surface area contributed by atoms with E-state index in [1.807, 2.05) is 40.1 Å². The average molecular weight is 460 g/mol. The molecule has 4 rings (SSSR count). The summed E-state index contributed by atoms with van der Waals surface area (Å²) in [6.45, 7) is 5.95. The van der Waals surface area contributed by atoms with Gasteiger partial charge in [0.2, 0.25) is 0 Å². The van der Waals surface area contributed by atoms with Crippen LogP contribution in [0.3, 0.4) is 0 Å². The number of carbonyl (C=O) groups is 1. The van der Waals surface area contributed by atoms with E-state index in [0.717, 1.165) is 37.2 Å². The number of β-amino-alcohol motifs (C(OH)–C–C–N with tert-alkyl or cyclic N) is 2. The Hall–Kier alpha value is -2.12. The molecule has 4 N–H and O–H groups in total. The lowest BCUT2D eigenvalue weighted by Crippen LogP contribution is -2.48. The van der Waals surface area contributed by atoms with E-state index in [1.54, 1.807) is 13.8 Å². The first kappa shape index (κ1) is 24.5. The van der Waals surface area contributed by atoms with Crippen molar-refractivity contribution in [3.8, 4) is 0 Å². The number of likely N-dealkylation sites (tertiary alicyclic amines) is 1. The van der Waals surface area contributed by atoms with E-state index in [-0.39, 0.29) is 18.3 Å². The van der Waals surface area contributed by atoms with Crippen molar-refractivity contribution in [2.24, 2.45) is 5.73 Å². The Labute approximate surface area is 196 Å². The maximum absolute atomic E-state index is 13.2. The second-order valence-electron chi connectivity index (χ2n) is 9.47. The highest BCUT2D eigenvalue weighted by Gasteiger charge is 2.50. The minimum atomic E-state index is -1.20. The normalized spacial score (nSPS) is 26.2. The predicted octanol–water partition coefficient (Wildman–Crippen LogP) is 2.91. The highest BCUT2D eigenvalue weighted by atomic mass is 35.5. The van der Waals surface area contributed by atoms with Crippen LogP contribution in [0.1, 0.15) is 54.1 Å². The molecule has 0 aliphatic carbocycles. The summed E-state index contributed by atoms with van der Waals surface area (Å²) in [5.74, 6) is 0.490. The van der Waals surface area contributed by atoms with Crippen LogP contribution >= 0.6 is 12.4 Å². The molecule has 2 aliphatic heterocycles. The fraction of sp³-hybridized carbons (Fsp3) is 0.480. The van der Waals surface area contributed by atoms with Gasteiger partial charge in [0.25, 0.3) is 5.91 Å². The molecule has 0 aromatic heterocycles. The van der Waals surface area contributed by atoms with Gasteiger partial charge in [0.15, 0.2) is 0 Å². The fourth-order valence-electron chi connectivity index (χ4n) is 4.73. The monoisotopic (exact) mass is 459 g/mol. The number of hydrogen-bond donors (Lipinski definition) is 3. The van der Waals surface area contributed by atoms with Gasteiger partial charge < -0.3 is 25.7 Å². The number of carbonyl (C=O) groups excluding carboxylic acids is 1. The Kier molecular flexibility index (Phi) is 7.20. The fourth-order valence-corrected chi connectivity index (χ4v) is 4.73. The molecule has 2 atom stereocenters. The van der Waals surface area contributed by atoms with Crippen LogP contribution in [0.15, 0.2) is 48.5 Å². The Balaban J connectivity index is 0.00000289. The smallest absolute Gasteiger partial charge is 0.253 e. The Morgan fingerprint density at radius 1 is 1.03 bits per heavy atom. The van der Waals surface area contributed by atoms with Crippen LogP contribution in [0.25, 0.3) is 0 Å². The zero-order chi connectivity index (χ0) is 22.2. The molecule has 2 aromatic rings. The maximum Gasteiger partial charge on any atom is 0.253 e. The van der Waals surface area contributed by atoms with Crippen molar-refractivity contribution in [1.82, 2.24) is 4.90 Å². The molecule has 2 saturated heterocycles. The molecule has 2 unspecified atom stereocenters. The van der Waals surface area contributed by atoms with Gasteiger partial charge in [0.1, 0.15) is 11.2 Å². The first-order chi connectivity index (χ1) is 14.7. The summed E-state index contributed by atoms with van der Waals surface area (Å²) in [6.07, 6.45) is 1.88. The second-order valence-corrected chi connectivity index (χ2v) is 9.47. The van der Waals surface area contributed by atoms with E-state index in [0.29, 0.717) is 31.1 Å². The van der Waals surface area contributed by atoms with Crippen LogP contribution in [-0.2, 0) is 6.54 Å². The molecule has 6 nitrogen and oxygen atoms in total. The minimum Gasteiger partial charge on any atom is -0.385 e. The van der Waals surface area contributed by atoms with Crippen molar-refractivity contribution in [2.75, 3.05) is 31.1 Å². The van der Waals surface area contributed by atoms with Gasteiger partial charge in [0.05, 0.1) is 0 Å². The van der Waals surface area contributed by atoms with Gasteiger partial charge in [-0.15, -0.1) is 12.4 Å². The molecular weight excluding hydrogens is 426 g/mol. The van der Waals surface area contributed by atoms with Crippen molar-refractivity contribution in [3.05, 3.63) is 65.2 Å². The minimum absolute atomic E-state index is 0. The topological polar surface area (TPSA) is 90.0 Å². The Morgan fingerprint density at radius 3 is 2.28 bits per heavy atom. The summed E-state index contributed by atoms with van der Waals surface area (Å²) >= 11 is 0. The van der Waals surface area contributed by atoms with Crippen molar-refractivity contribution < 1.29 is 15.0 Å². The molecule has 2 aliphatic rings. The van der Waals surface area contributed by atoms with Gasteiger partial charge in [-0.05, 0) is 61.9 Å². The Bertz CT molecular complexity index is 939. The molecule has 2 heterocycles. The summed E-state index contributed by atoms with van der Waals surface area (Å²) in [5.41, 5.74) is 7.33. The summed E-state index contributed by atoms with van der Waals surface area (Å²) in [4.78, 5) is 17.0. The molecule has 2 fully saturated rings. The first-order valence-electron chi connectivity index (χ1n) is 11.1. The molecule has 174 valence electrons. The molecular formula is C25H34ClN3O3.